The van der Waals surface area contributed by atoms with Gasteiger partial charge in [-0.3, -0.25) is 0 Å². The van der Waals surface area contributed by atoms with E-state index in [0.717, 1.165) is 0 Å². The Labute approximate surface area is 103 Å². The Morgan fingerprint density at radius 2 is 2.19 bits per heavy atom. The van der Waals surface area contributed by atoms with Crippen molar-refractivity contribution in [3.05, 3.63) is 22.7 Å². The van der Waals surface area contributed by atoms with Crippen LogP contribution in [0, 0.1) is 0 Å². The molecule has 0 aliphatic rings. The molecule has 2 N–H and O–H groups in total. The smallest absolute Gasteiger partial charge is 0.344 e. The van der Waals surface area contributed by atoms with Crippen LogP contribution in [0.15, 0.2) is 22.7 Å². The van der Waals surface area contributed by atoms with Crippen molar-refractivity contribution in [1.82, 2.24) is 0 Å². The molecule has 0 aliphatic heterocycles. The summed E-state index contributed by atoms with van der Waals surface area (Å²) in [5, 5.41) is 0. The van der Waals surface area contributed by atoms with E-state index in [4.69, 9.17) is 15.2 Å². The summed E-state index contributed by atoms with van der Waals surface area (Å²) in [7, 11) is 0. The third kappa shape index (κ3) is 3.73. The average molecular weight is 288 g/mol. The average Bonchev–Trinajstić information content (AvgIpc) is 2.19. The summed E-state index contributed by atoms with van der Waals surface area (Å²) in [6, 6.07) is 5.22. The fourth-order valence-corrected chi connectivity index (χ4v) is 1.45. The zero-order valence-electron chi connectivity index (χ0n) is 9.20. The molecule has 1 aromatic carbocycles. The first-order valence-electron chi connectivity index (χ1n) is 4.87. The third-order valence-electron chi connectivity index (χ3n) is 1.71. The fraction of sp³-hybridized carbons (Fsp3) is 0.364. The number of nitrogens with two attached hydrogens (primary N) is 1. The molecule has 0 aliphatic carbocycles. The topological polar surface area (TPSA) is 61.5 Å². The van der Waals surface area contributed by atoms with Gasteiger partial charge in [-0.25, -0.2) is 4.79 Å². The SMILES string of the molecule is CC(C)OC(=O)COc1cccc(N)c1Br. The molecule has 5 heteroatoms. The summed E-state index contributed by atoms with van der Waals surface area (Å²) in [5.74, 6) is 0.130. The number of carbonyl (C=O) groups is 1. The molecule has 16 heavy (non-hydrogen) atoms. The molecule has 1 rings (SSSR count). The van der Waals surface area contributed by atoms with Crippen molar-refractivity contribution in [1.29, 1.82) is 0 Å². The van der Waals surface area contributed by atoms with Crippen molar-refractivity contribution in [2.75, 3.05) is 12.3 Å². The van der Waals surface area contributed by atoms with Crippen molar-refractivity contribution in [3.63, 3.8) is 0 Å². The van der Waals surface area contributed by atoms with Gasteiger partial charge in [-0.15, -0.1) is 0 Å². The van der Waals surface area contributed by atoms with Crippen LogP contribution in [0.2, 0.25) is 0 Å². The van der Waals surface area contributed by atoms with Crippen LogP contribution in [0.25, 0.3) is 0 Å². The Morgan fingerprint density at radius 3 is 2.81 bits per heavy atom. The minimum absolute atomic E-state index is 0.125. The van der Waals surface area contributed by atoms with Crippen LogP contribution in [-0.2, 0) is 9.53 Å². The molecule has 88 valence electrons. The summed E-state index contributed by atoms with van der Waals surface area (Å²) < 4.78 is 10.9. The summed E-state index contributed by atoms with van der Waals surface area (Å²) in [6.45, 7) is 3.45. The highest BCUT2D eigenvalue weighted by Gasteiger charge is 2.09. The standard InChI is InChI=1S/C11H14BrNO3/c1-7(2)16-10(14)6-15-9-5-3-4-8(13)11(9)12/h3-5,7H,6,13H2,1-2H3. The largest absolute Gasteiger partial charge is 0.481 e. The van der Waals surface area contributed by atoms with E-state index in [1.54, 1.807) is 32.0 Å². The minimum Gasteiger partial charge on any atom is -0.481 e. The first-order chi connectivity index (χ1) is 7.50. The lowest BCUT2D eigenvalue weighted by Crippen LogP contribution is -2.18. The third-order valence-corrected chi connectivity index (χ3v) is 2.55. The van der Waals surface area contributed by atoms with Gasteiger partial charge in [-0.2, -0.15) is 0 Å². The summed E-state index contributed by atoms with van der Waals surface area (Å²) in [5.41, 5.74) is 6.23. The molecule has 4 nitrogen and oxygen atoms in total. The second kappa shape index (κ2) is 5.75. The van der Waals surface area contributed by atoms with E-state index in [-0.39, 0.29) is 12.7 Å². The normalized spacial score (nSPS) is 10.2. The molecule has 0 heterocycles. The molecule has 0 fully saturated rings. The molecule has 0 spiro atoms. The Hall–Kier alpha value is -1.23. The highest BCUT2D eigenvalue weighted by atomic mass is 79.9. The maximum atomic E-state index is 11.2. The molecular weight excluding hydrogens is 274 g/mol. The first kappa shape index (κ1) is 12.8. The number of esters is 1. The van der Waals surface area contributed by atoms with Crippen molar-refractivity contribution in [2.45, 2.75) is 20.0 Å². The lowest BCUT2D eigenvalue weighted by molar-refractivity contribution is -0.149. The van der Waals surface area contributed by atoms with Crippen LogP contribution in [0.1, 0.15) is 13.8 Å². The van der Waals surface area contributed by atoms with Gasteiger partial charge in [0.05, 0.1) is 10.6 Å². The van der Waals surface area contributed by atoms with Gasteiger partial charge in [0.2, 0.25) is 0 Å². The van der Waals surface area contributed by atoms with E-state index in [9.17, 15) is 4.79 Å². The summed E-state index contributed by atoms with van der Waals surface area (Å²) in [6.07, 6.45) is -0.139. The van der Waals surface area contributed by atoms with Crippen molar-refractivity contribution in [3.8, 4) is 5.75 Å². The van der Waals surface area contributed by atoms with Crippen LogP contribution in [0.4, 0.5) is 5.69 Å². The van der Waals surface area contributed by atoms with Gasteiger partial charge in [0.25, 0.3) is 0 Å². The van der Waals surface area contributed by atoms with Gasteiger partial charge >= 0.3 is 5.97 Å². The van der Waals surface area contributed by atoms with Gasteiger partial charge in [0, 0.05) is 5.69 Å². The molecule has 0 aromatic heterocycles. The second-order valence-corrected chi connectivity index (χ2v) is 4.28. The van der Waals surface area contributed by atoms with Crippen LogP contribution in [0.5, 0.6) is 5.75 Å². The predicted molar refractivity (Wildman–Crippen MR) is 65.3 cm³/mol. The molecule has 0 bridgehead atoms. The lowest BCUT2D eigenvalue weighted by Gasteiger charge is -2.10. The molecule has 0 saturated carbocycles. The minimum atomic E-state index is -0.399. The molecule has 0 amide bonds. The van der Waals surface area contributed by atoms with E-state index < -0.39 is 5.97 Å². The number of carbonyl (C=O) groups excluding carboxylic acids is 1. The summed E-state index contributed by atoms with van der Waals surface area (Å²) >= 11 is 3.28. The Morgan fingerprint density at radius 1 is 1.50 bits per heavy atom. The van der Waals surface area contributed by atoms with Crippen molar-refractivity contribution >= 4 is 27.6 Å². The van der Waals surface area contributed by atoms with Crippen LogP contribution in [0.3, 0.4) is 0 Å². The first-order valence-corrected chi connectivity index (χ1v) is 5.66. The highest BCUT2D eigenvalue weighted by Crippen LogP contribution is 2.30. The highest BCUT2D eigenvalue weighted by molar-refractivity contribution is 9.10. The van der Waals surface area contributed by atoms with Crippen molar-refractivity contribution < 1.29 is 14.3 Å². The number of benzene rings is 1. The van der Waals surface area contributed by atoms with Crippen LogP contribution < -0.4 is 10.5 Å². The Kier molecular flexibility index (Phi) is 4.61. The van der Waals surface area contributed by atoms with Gasteiger partial charge in [0.1, 0.15) is 5.75 Å². The zero-order valence-corrected chi connectivity index (χ0v) is 10.8. The fourth-order valence-electron chi connectivity index (χ4n) is 1.07. The molecule has 0 atom stereocenters. The van der Waals surface area contributed by atoms with Gasteiger partial charge in [-0.05, 0) is 41.9 Å². The van der Waals surface area contributed by atoms with E-state index in [1.165, 1.54) is 0 Å². The number of nitrogen functional groups attached to an aromatic ring is 1. The second-order valence-electron chi connectivity index (χ2n) is 3.49. The number of rotatable bonds is 4. The van der Waals surface area contributed by atoms with E-state index in [2.05, 4.69) is 15.9 Å². The maximum Gasteiger partial charge on any atom is 0.344 e. The van der Waals surface area contributed by atoms with Gasteiger partial charge in [-0.1, -0.05) is 6.07 Å². The lowest BCUT2D eigenvalue weighted by atomic mass is 10.3. The Balaban J connectivity index is 2.55. The molecule has 0 unspecified atom stereocenters. The number of halogens is 1. The number of hydrogen-bond donors (Lipinski definition) is 1. The maximum absolute atomic E-state index is 11.2. The molecule has 0 saturated heterocycles. The van der Waals surface area contributed by atoms with Crippen LogP contribution >= 0.6 is 15.9 Å². The zero-order chi connectivity index (χ0) is 12.1. The van der Waals surface area contributed by atoms with E-state index in [1.807, 2.05) is 0 Å². The predicted octanol–water partition coefficient (Wildman–Crippen LogP) is 2.36. The Bertz CT molecular complexity index is 379. The number of anilines is 1. The van der Waals surface area contributed by atoms with Gasteiger partial charge in [0.15, 0.2) is 6.61 Å². The monoisotopic (exact) mass is 287 g/mol. The molecule has 0 radical (unpaired) electrons. The van der Waals surface area contributed by atoms with Crippen LogP contribution in [-0.4, -0.2) is 18.7 Å². The summed E-state index contributed by atoms with van der Waals surface area (Å²) in [4.78, 5) is 11.2. The molecule has 1 aromatic rings. The van der Waals surface area contributed by atoms with Crippen molar-refractivity contribution in [2.24, 2.45) is 0 Å². The van der Waals surface area contributed by atoms with E-state index >= 15 is 0 Å². The van der Waals surface area contributed by atoms with E-state index in [0.29, 0.717) is 15.9 Å². The number of ether oxygens (including phenoxy) is 2. The number of hydrogen-bond acceptors (Lipinski definition) is 4. The molecular formula is C11H14BrNO3. The van der Waals surface area contributed by atoms with Gasteiger partial charge < -0.3 is 15.2 Å². The quantitative estimate of drug-likeness (QED) is 0.682.